The van der Waals surface area contributed by atoms with Crippen LogP contribution < -0.4 is 14.2 Å². The Morgan fingerprint density at radius 1 is 0.926 bits per heavy atom. The molecule has 0 atom stereocenters. The van der Waals surface area contributed by atoms with Crippen molar-refractivity contribution in [3.63, 3.8) is 0 Å². The number of benzene rings is 1. The van der Waals surface area contributed by atoms with E-state index >= 15 is 0 Å². The molecule has 27 heavy (non-hydrogen) atoms. The van der Waals surface area contributed by atoms with E-state index in [1.807, 2.05) is 0 Å². The molecule has 0 radical (unpaired) electrons. The smallest absolute Gasteiger partial charge is 0.388 e. The average Bonchev–Trinajstić information content (AvgIpc) is 2.57. The van der Waals surface area contributed by atoms with Crippen molar-refractivity contribution in [1.82, 2.24) is 9.97 Å². The normalized spacial score (nSPS) is 10.7. The molecule has 2 heterocycles. The molecule has 0 bridgehead atoms. The van der Waals surface area contributed by atoms with Crippen LogP contribution in [0.3, 0.4) is 0 Å². The predicted molar refractivity (Wildman–Crippen MR) is 91.4 cm³/mol. The van der Waals surface area contributed by atoms with Crippen molar-refractivity contribution >= 4 is 11.6 Å². The van der Waals surface area contributed by atoms with Crippen LogP contribution in [0, 0.1) is 12.7 Å². The number of hydrogen-bond donors (Lipinski definition) is 0. The topological polar surface area (TPSA) is 53.5 Å². The third kappa shape index (κ3) is 5.24. The second kappa shape index (κ2) is 8.13. The molecule has 0 amide bonds. The molecule has 0 saturated heterocycles. The fraction of sp³-hybridized carbons (Fsp3) is 0.111. The molecule has 0 spiro atoms. The average molecular weight is 397 g/mol. The molecule has 1 aromatic carbocycles. The van der Waals surface area contributed by atoms with Crippen LogP contribution in [0.15, 0.2) is 48.7 Å². The summed E-state index contributed by atoms with van der Waals surface area (Å²) in [6, 6.07) is 9.83. The van der Waals surface area contributed by atoms with E-state index in [0.717, 1.165) is 5.56 Å². The van der Waals surface area contributed by atoms with Gasteiger partial charge < -0.3 is 14.2 Å². The van der Waals surface area contributed by atoms with Gasteiger partial charge in [-0.3, -0.25) is 0 Å². The maximum absolute atomic E-state index is 13.2. The molecule has 0 fully saturated rings. The van der Waals surface area contributed by atoms with Crippen molar-refractivity contribution in [2.45, 2.75) is 13.5 Å². The minimum absolute atomic E-state index is 0.0834. The summed E-state index contributed by atoms with van der Waals surface area (Å²) in [5.41, 5.74) is 0.765. The number of rotatable bonds is 6. The van der Waals surface area contributed by atoms with E-state index in [9.17, 15) is 13.2 Å². The lowest BCUT2D eigenvalue weighted by atomic mass is 10.3. The fourth-order valence-electron chi connectivity index (χ4n) is 2.10. The van der Waals surface area contributed by atoms with Gasteiger partial charge in [0.15, 0.2) is 0 Å². The first-order valence-corrected chi connectivity index (χ1v) is 7.97. The van der Waals surface area contributed by atoms with Crippen LogP contribution in [0.2, 0.25) is 5.02 Å². The van der Waals surface area contributed by atoms with Crippen LogP contribution in [0.1, 0.15) is 5.56 Å². The van der Waals surface area contributed by atoms with E-state index in [0.29, 0.717) is 5.75 Å². The van der Waals surface area contributed by atoms with E-state index < -0.39 is 12.4 Å². The molecule has 0 unspecified atom stereocenters. The standard InChI is InChI=1S/C18H12ClF3N2O3/c1-10-6-16(25-11-2-3-14(20)13(19)8-11)24-17(7-10)26-12-4-5-23-15(9-12)27-18(21)22/h2-9,18H,1H3. The number of halogens is 4. The van der Waals surface area contributed by atoms with Gasteiger partial charge in [-0.2, -0.15) is 13.8 Å². The van der Waals surface area contributed by atoms with Gasteiger partial charge in [0.2, 0.25) is 17.6 Å². The molecule has 2 aromatic heterocycles. The Kier molecular flexibility index (Phi) is 5.66. The highest BCUT2D eigenvalue weighted by molar-refractivity contribution is 6.30. The minimum atomic E-state index is -2.99. The lowest BCUT2D eigenvalue weighted by Gasteiger charge is -2.10. The van der Waals surface area contributed by atoms with Gasteiger partial charge in [0, 0.05) is 30.5 Å². The molecule has 0 aliphatic heterocycles. The van der Waals surface area contributed by atoms with E-state index in [4.69, 9.17) is 21.1 Å². The van der Waals surface area contributed by atoms with Crippen molar-refractivity contribution in [3.05, 3.63) is 65.1 Å². The zero-order valence-electron chi connectivity index (χ0n) is 13.8. The Bertz CT molecular complexity index is 957. The minimum Gasteiger partial charge on any atom is -0.439 e. The van der Waals surface area contributed by atoms with Gasteiger partial charge in [-0.05, 0) is 30.7 Å². The fourth-order valence-corrected chi connectivity index (χ4v) is 2.27. The van der Waals surface area contributed by atoms with Gasteiger partial charge in [0.05, 0.1) is 5.02 Å². The zero-order chi connectivity index (χ0) is 19.4. The molecule has 140 valence electrons. The summed E-state index contributed by atoms with van der Waals surface area (Å²) in [5, 5.41) is -0.0834. The van der Waals surface area contributed by atoms with Crippen molar-refractivity contribution in [1.29, 1.82) is 0 Å². The Labute approximate surface area is 157 Å². The van der Waals surface area contributed by atoms with Gasteiger partial charge >= 0.3 is 6.61 Å². The highest BCUT2D eigenvalue weighted by Crippen LogP contribution is 2.29. The second-order valence-electron chi connectivity index (χ2n) is 5.31. The molecular weight excluding hydrogens is 385 g/mol. The molecule has 3 aromatic rings. The number of pyridine rings is 2. The van der Waals surface area contributed by atoms with Gasteiger partial charge in [0.1, 0.15) is 17.3 Å². The number of nitrogens with zero attached hydrogens (tertiary/aromatic N) is 2. The summed E-state index contributed by atoms with van der Waals surface area (Å²) < 4.78 is 53.2. The van der Waals surface area contributed by atoms with Gasteiger partial charge in [-0.25, -0.2) is 9.37 Å². The molecule has 0 aliphatic carbocycles. The number of aromatic nitrogens is 2. The molecule has 3 rings (SSSR count). The summed E-state index contributed by atoms with van der Waals surface area (Å²) >= 11 is 5.73. The Balaban J connectivity index is 1.80. The van der Waals surface area contributed by atoms with Crippen molar-refractivity contribution in [2.24, 2.45) is 0 Å². The Morgan fingerprint density at radius 3 is 2.22 bits per heavy atom. The third-order valence-corrected chi connectivity index (χ3v) is 3.46. The number of hydrogen-bond acceptors (Lipinski definition) is 5. The Morgan fingerprint density at radius 2 is 1.59 bits per heavy atom. The van der Waals surface area contributed by atoms with Gasteiger partial charge in [-0.1, -0.05) is 11.6 Å². The van der Waals surface area contributed by atoms with Crippen LogP contribution in [0.4, 0.5) is 13.2 Å². The van der Waals surface area contributed by atoms with Crippen LogP contribution in [-0.4, -0.2) is 16.6 Å². The lowest BCUT2D eigenvalue weighted by molar-refractivity contribution is -0.0529. The summed E-state index contributed by atoms with van der Waals surface area (Å²) in [5.74, 6) is -0.00738. The van der Waals surface area contributed by atoms with Crippen LogP contribution in [0.25, 0.3) is 0 Å². The highest BCUT2D eigenvalue weighted by Gasteiger charge is 2.10. The van der Waals surface area contributed by atoms with E-state index in [1.54, 1.807) is 19.1 Å². The van der Waals surface area contributed by atoms with Crippen molar-refractivity contribution in [3.8, 4) is 29.1 Å². The summed E-state index contributed by atoms with van der Waals surface area (Å²) in [4.78, 5) is 7.83. The van der Waals surface area contributed by atoms with E-state index in [2.05, 4.69) is 14.7 Å². The molecular formula is C18H12ClF3N2O3. The highest BCUT2D eigenvalue weighted by atomic mass is 35.5. The SMILES string of the molecule is Cc1cc(Oc2ccnc(OC(F)F)c2)nc(Oc2ccc(F)c(Cl)c2)c1. The van der Waals surface area contributed by atoms with Gasteiger partial charge in [0.25, 0.3) is 0 Å². The summed E-state index contributed by atoms with van der Waals surface area (Å²) in [6.45, 7) is -1.20. The van der Waals surface area contributed by atoms with Crippen LogP contribution in [0.5, 0.6) is 29.1 Å². The molecule has 0 saturated carbocycles. The molecule has 0 aliphatic rings. The number of ether oxygens (including phenoxy) is 3. The number of alkyl halides is 2. The first-order chi connectivity index (χ1) is 12.9. The van der Waals surface area contributed by atoms with Crippen LogP contribution in [-0.2, 0) is 0 Å². The monoisotopic (exact) mass is 396 g/mol. The maximum Gasteiger partial charge on any atom is 0.388 e. The van der Waals surface area contributed by atoms with E-state index in [1.165, 1.54) is 36.5 Å². The summed E-state index contributed by atoms with van der Waals surface area (Å²) in [7, 11) is 0. The second-order valence-corrected chi connectivity index (χ2v) is 5.72. The van der Waals surface area contributed by atoms with E-state index in [-0.39, 0.29) is 28.4 Å². The Hall–Kier alpha value is -3.00. The number of aryl methyl sites for hydroxylation is 1. The molecule has 0 N–H and O–H groups in total. The quantitative estimate of drug-likeness (QED) is 0.530. The van der Waals surface area contributed by atoms with Gasteiger partial charge in [-0.15, -0.1) is 0 Å². The maximum atomic E-state index is 13.2. The van der Waals surface area contributed by atoms with Crippen LogP contribution >= 0.6 is 11.6 Å². The largest absolute Gasteiger partial charge is 0.439 e. The van der Waals surface area contributed by atoms with Crippen molar-refractivity contribution < 1.29 is 27.4 Å². The molecule has 5 nitrogen and oxygen atoms in total. The molecule has 9 heteroatoms. The van der Waals surface area contributed by atoms with Crippen molar-refractivity contribution in [2.75, 3.05) is 0 Å². The first kappa shape index (κ1) is 18.8. The summed E-state index contributed by atoms with van der Waals surface area (Å²) in [6.07, 6.45) is 1.26. The predicted octanol–water partition coefficient (Wildman–Crippen LogP) is 5.76. The lowest BCUT2D eigenvalue weighted by Crippen LogP contribution is -2.03. The zero-order valence-corrected chi connectivity index (χ0v) is 14.6. The first-order valence-electron chi connectivity index (χ1n) is 7.59. The third-order valence-electron chi connectivity index (χ3n) is 3.17.